The lowest BCUT2D eigenvalue weighted by molar-refractivity contribution is -0.156. The average Bonchev–Trinajstić information content (AvgIpc) is 2.44. The summed E-state index contributed by atoms with van der Waals surface area (Å²) in [6.07, 6.45) is 5.13. The van der Waals surface area contributed by atoms with Gasteiger partial charge in [-0.05, 0) is 43.5 Å². The first kappa shape index (κ1) is 16.3. The van der Waals surface area contributed by atoms with E-state index in [9.17, 15) is 9.90 Å². The number of ether oxygens (including phenoxy) is 1. The molecule has 20 heavy (non-hydrogen) atoms. The highest BCUT2D eigenvalue weighted by atomic mass is 16.5. The van der Waals surface area contributed by atoms with E-state index in [1.807, 2.05) is 6.92 Å². The quantitative estimate of drug-likeness (QED) is 0.532. The SMILES string of the molecule is CCCCCCC(CC)(Oc1ccc(N)cc1)C(=O)O. The third kappa shape index (κ3) is 4.44. The number of carbonyl (C=O) groups is 1. The van der Waals surface area contributed by atoms with Gasteiger partial charge >= 0.3 is 5.97 Å². The van der Waals surface area contributed by atoms with Crippen molar-refractivity contribution in [3.63, 3.8) is 0 Å². The summed E-state index contributed by atoms with van der Waals surface area (Å²) in [5, 5.41) is 9.55. The molecular formula is C16H25NO3. The molecule has 1 aromatic rings. The van der Waals surface area contributed by atoms with Crippen molar-refractivity contribution in [2.45, 2.75) is 58.0 Å². The van der Waals surface area contributed by atoms with Crippen LogP contribution < -0.4 is 10.5 Å². The Morgan fingerprint density at radius 3 is 2.35 bits per heavy atom. The fourth-order valence-corrected chi connectivity index (χ4v) is 2.20. The predicted molar refractivity (Wildman–Crippen MR) is 80.9 cm³/mol. The monoisotopic (exact) mass is 279 g/mol. The fraction of sp³-hybridized carbons (Fsp3) is 0.562. The zero-order valence-corrected chi connectivity index (χ0v) is 12.4. The second kappa shape index (κ2) is 7.78. The summed E-state index contributed by atoms with van der Waals surface area (Å²) in [5.41, 5.74) is 5.13. The van der Waals surface area contributed by atoms with Gasteiger partial charge in [0.15, 0.2) is 0 Å². The Morgan fingerprint density at radius 1 is 1.20 bits per heavy atom. The van der Waals surface area contributed by atoms with Crippen molar-refractivity contribution >= 4 is 11.7 Å². The van der Waals surface area contributed by atoms with Crippen LogP contribution in [0.3, 0.4) is 0 Å². The van der Waals surface area contributed by atoms with Crippen LogP contribution in [0.2, 0.25) is 0 Å². The van der Waals surface area contributed by atoms with Gasteiger partial charge in [0.1, 0.15) is 5.75 Å². The van der Waals surface area contributed by atoms with Crippen LogP contribution in [0.15, 0.2) is 24.3 Å². The maximum absolute atomic E-state index is 11.6. The van der Waals surface area contributed by atoms with E-state index in [2.05, 4.69) is 6.92 Å². The highest BCUT2D eigenvalue weighted by Gasteiger charge is 2.38. The van der Waals surface area contributed by atoms with Crippen LogP contribution in [0.4, 0.5) is 5.69 Å². The maximum atomic E-state index is 11.6. The molecule has 112 valence electrons. The molecule has 3 N–H and O–H groups in total. The Bertz CT molecular complexity index is 416. The number of nitrogen functional groups attached to an aromatic ring is 1. The zero-order valence-electron chi connectivity index (χ0n) is 12.4. The van der Waals surface area contributed by atoms with Crippen LogP contribution in [-0.4, -0.2) is 16.7 Å². The van der Waals surface area contributed by atoms with Crippen molar-refractivity contribution in [1.82, 2.24) is 0 Å². The number of anilines is 1. The topological polar surface area (TPSA) is 72.5 Å². The van der Waals surface area contributed by atoms with Gasteiger partial charge in [0.2, 0.25) is 5.60 Å². The second-order valence-electron chi connectivity index (χ2n) is 5.13. The molecule has 0 heterocycles. The van der Waals surface area contributed by atoms with E-state index in [0.717, 1.165) is 25.7 Å². The van der Waals surface area contributed by atoms with Crippen molar-refractivity contribution in [2.75, 3.05) is 5.73 Å². The molecule has 0 aliphatic heterocycles. The highest BCUT2D eigenvalue weighted by molar-refractivity contribution is 5.78. The largest absolute Gasteiger partial charge is 0.478 e. The summed E-state index contributed by atoms with van der Waals surface area (Å²) < 4.78 is 5.79. The number of nitrogens with two attached hydrogens (primary N) is 1. The summed E-state index contributed by atoms with van der Waals surface area (Å²) in [6, 6.07) is 6.87. The molecule has 1 rings (SSSR count). The molecule has 0 saturated heterocycles. The Morgan fingerprint density at radius 2 is 1.85 bits per heavy atom. The van der Waals surface area contributed by atoms with Gasteiger partial charge in [0, 0.05) is 5.69 Å². The van der Waals surface area contributed by atoms with Gasteiger partial charge < -0.3 is 15.6 Å². The first-order valence-corrected chi connectivity index (χ1v) is 7.32. The second-order valence-corrected chi connectivity index (χ2v) is 5.13. The lowest BCUT2D eigenvalue weighted by atomic mass is 9.92. The molecule has 0 amide bonds. The number of aliphatic carboxylic acids is 1. The minimum Gasteiger partial charge on any atom is -0.478 e. The van der Waals surface area contributed by atoms with E-state index in [1.54, 1.807) is 24.3 Å². The molecule has 1 aromatic carbocycles. The molecule has 4 heteroatoms. The Labute approximate surface area is 120 Å². The Balaban J connectivity index is 2.76. The molecule has 0 aliphatic rings. The Hall–Kier alpha value is -1.71. The van der Waals surface area contributed by atoms with Crippen LogP contribution >= 0.6 is 0 Å². The number of hydrogen-bond donors (Lipinski definition) is 2. The van der Waals surface area contributed by atoms with E-state index >= 15 is 0 Å². The molecule has 0 radical (unpaired) electrons. The van der Waals surface area contributed by atoms with Crippen molar-refractivity contribution in [3.05, 3.63) is 24.3 Å². The number of hydrogen-bond acceptors (Lipinski definition) is 3. The van der Waals surface area contributed by atoms with Crippen LogP contribution in [0.5, 0.6) is 5.75 Å². The van der Waals surface area contributed by atoms with Gasteiger partial charge in [-0.25, -0.2) is 4.79 Å². The number of carboxylic acid groups (broad SMARTS) is 1. The van der Waals surface area contributed by atoms with Crippen molar-refractivity contribution in [3.8, 4) is 5.75 Å². The minimum absolute atomic E-state index is 0.443. The summed E-state index contributed by atoms with van der Waals surface area (Å²) in [7, 11) is 0. The molecule has 0 aliphatic carbocycles. The molecular weight excluding hydrogens is 254 g/mol. The smallest absolute Gasteiger partial charge is 0.348 e. The lowest BCUT2D eigenvalue weighted by Gasteiger charge is -2.29. The van der Waals surface area contributed by atoms with E-state index in [-0.39, 0.29) is 0 Å². The molecule has 1 atom stereocenters. The molecule has 0 bridgehead atoms. The normalized spacial score (nSPS) is 13.7. The average molecular weight is 279 g/mol. The highest BCUT2D eigenvalue weighted by Crippen LogP contribution is 2.28. The van der Waals surface area contributed by atoms with Gasteiger partial charge in [0.05, 0.1) is 0 Å². The standard InChI is InChI=1S/C16H25NO3/c1-3-5-6-7-12-16(4-2,15(18)19)20-14-10-8-13(17)9-11-14/h8-11H,3-7,12,17H2,1-2H3,(H,18,19). The van der Waals surface area contributed by atoms with Gasteiger partial charge in [0.25, 0.3) is 0 Å². The van der Waals surface area contributed by atoms with E-state index in [0.29, 0.717) is 24.3 Å². The van der Waals surface area contributed by atoms with Crippen LogP contribution in [0.1, 0.15) is 52.4 Å². The third-order valence-electron chi connectivity index (χ3n) is 3.59. The molecule has 0 aromatic heterocycles. The summed E-state index contributed by atoms with van der Waals surface area (Å²) >= 11 is 0. The van der Waals surface area contributed by atoms with Crippen molar-refractivity contribution in [2.24, 2.45) is 0 Å². The van der Waals surface area contributed by atoms with Crippen molar-refractivity contribution < 1.29 is 14.6 Å². The first-order chi connectivity index (χ1) is 9.54. The van der Waals surface area contributed by atoms with Crippen LogP contribution in [0, 0.1) is 0 Å². The van der Waals surface area contributed by atoms with E-state index < -0.39 is 11.6 Å². The molecule has 4 nitrogen and oxygen atoms in total. The fourth-order valence-electron chi connectivity index (χ4n) is 2.20. The molecule has 0 saturated carbocycles. The van der Waals surface area contributed by atoms with E-state index in [4.69, 9.17) is 10.5 Å². The van der Waals surface area contributed by atoms with Gasteiger partial charge in [-0.1, -0.05) is 33.1 Å². The number of benzene rings is 1. The predicted octanol–water partition coefficient (Wildman–Crippen LogP) is 3.85. The van der Waals surface area contributed by atoms with Gasteiger partial charge in [-0.15, -0.1) is 0 Å². The third-order valence-corrected chi connectivity index (χ3v) is 3.59. The van der Waals surface area contributed by atoms with Crippen molar-refractivity contribution in [1.29, 1.82) is 0 Å². The van der Waals surface area contributed by atoms with E-state index in [1.165, 1.54) is 0 Å². The Kier molecular flexibility index (Phi) is 6.36. The van der Waals surface area contributed by atoms with Gasteiger partial charge in [-0.3, -0.25) is 0 Å². The lowest BCUT2D eigenvalue weighted by Crippen LogP contribution is -2.44. The molecule has 0 spiro atoms. The maximum Gasteiger partial charge on any atom is 0.348 e. The first-order valence-electron chi connectivity index (χ1n) is 7.32. The van der Waals surface area contributed by atoms with Crippen LogP contribution in [0.25, 0.3) is 0 Å². The van der Waals surface area contributed by atoms with Gasteiger partial charge in [-0.2, -0.15) is 0 Å². The zero-order chi connectivity index (χ0) is 15.0. The minimum atomic E-state index is -1.14. The summed E-state index contributed by atoms with van der Waals surface area (Å²) in [6.45, 7) is 3.99. The molecule has 1 unspecified atom stereocenters. The summed E-state index contributed by atoms with van der Waals surface area (Å²) in [4.78, 5) is 11.6. The molecule has 0 fully saturated rings. The number of unbranched alkanes of at least 4 members (excludes halogenated alkanes) is 3. The summed E-state index contributed by atoms with van der Waals surface area (Å²) in [5.74, 6) is -0.340. The number of rotatable bonds is 9. The van der Waals surface area contributed by atoms with Crippen LogP contribution in [-0.2, 0) is 4.79 Å². The number of carboxylic acids is 1.